The van der Waals surface area contributed by atoms with Gasteiger partial charge in [0.15, 0.2) is 0 Å². The van der Waals surface area contributed by atoms with Gasteiger partial charge in [-0.1, -0.05) is 32.9 Å². The van der Waals surface area contributed by atoms with Crippen LogP contribution in [0.3, 0.4) is 0 Å². The van der Waals surface area contributed by atoms with Crippen LogP contribution in [0.25, 0.3) is 0 Å². The van der Waals surface area contributed by atoms with E-state index < -0.39 is 0 Å². The molecular weight excluding hydrogens is 158 g/mol. The fourth-order valence-electron chi connectivity index (χ4n) is 3.32. The first-order chi connectivity index (χ1) is 6.04. The van der Waals surface area contributed by atoms with Crippen molar-refractivity contribution in [3.05, 3.63) is 12.2 Å². The van der Waals surface area contributed by atoms with Crippen LogP contribution in [0.5, 0.6) is 0 Å². The first-order valence-electron chi connectivity index (χ1n) is 5.46. The average Bonchev–Trinajstić information content (AvgIpc) is 2.40. The summed E-state index contributed by atoms with van der Waals surface area (Å²) in [7, 11) is 0. The second-order valence-corrected chi connectivity index (χ2v) is 5.37. The molecule has 2 fully saturated rings. The Hall–Kier alpha value is -0.300. The van der Waals surface area contributed by atoms with Gasteiger partial charge in [0.05, 0.1) is 0 Å². The summed E-state index contributed by atoms with van der Waals surface area (Å²) in [5, 5.41) is 0. The molecule has 2 rings (SSSR count). The van der Waals surface area contributed by atoms with Crippen LogP contribution in [-0.4, -0.2) is 23.5 Å². The van der Waals surface area contributed by atoms with Crippen molar-refractivity contribution in [2.24, 2.45) is 11.8 Å². The average molecular weight is 179 g/mol. The van der Waals surface area contributed by atoms with Gasteiger partial charge in [-0.25, -0.2) is 0 Å². The number of hydrogen-bond donors (Lipinski definition) is 0. The predicted molar refractivity (Wildman–Crippen MR) is 56.7 cm³/mol. The lowest BCUT2D eigenvalue weighted by Gasteiger charge is -2.35. The van der Waals surface area contributed by atoms with Crippen molar-refractivity contribution in [1.29, 1.82) is 0 Å². The molecule has 2 saturated heterocycles. The predicted octanol–water partition coefficient (Wildman–Crippen LogP) is 2.68. The second-order valence-electron chi connectivity index (χ2n) is 5.37. The normalized spacial score (nSPS) is 40.3. The van der Waals surface area contributed by atoms with Crippen LogP contribution >= 0.6 is 0 Å². The summed E-state index contributed by atoms with van der Waals surface area (Å²) in [6, 6.07) is 0. The van der Waals surface area contributed by atoms with Crippen LogP contribution < -0.4 is 0 Å². The smallest absolute Gasteiger partial charge is 0.0276 e. The lowest BCUT2D eigenvalue weighted by atomic mass is 9.80. The van der Waals surface area contributed by atoms with Crippen molar-refractivity contribution in [3.8, 4) is 0 Å². The highest BCUT2D eigenvalue weighted by atomic mass is 15.3. The molecule has 2 heterocycles. The van der Waals surface area contributed by atoms with E-state index in [0.717, 1.165) is 18.4 Å². The lowest BCUT2D eigenvalue weighted by molar-refractivity contribution is 0.136. The SMILES string of the molecule is C=C1CN2CC(C)CC2(C(C)C)C1. The van der Waals surface area contributed by atoms with E-state index in [1.165, 1.54) is 25.0 Å². The third-order valence-electron chi connectivity index (χ3n) is 3.91. The largest absolute Gasteiger partial charge is 0.293 e. The van der Waals surface area contributed by atoms with E-state index in [0.29, 0.717) is 5.54 Å². The van der Waals surface area contributed by atoms with Crippen LogP contribution in [0.2, 0.25) is 0 Å². The standard InChI is InChI=1S/C12H21N/c1-9(2)12-5-10(3)7-13(12)8-11(4)6-12/h9,11H,3,5-8H2,1-2,4H3. The maximum Gasteiger partial charge on any atom is 0.0276 e. The van der Waals surface area contributed by atoms with Gasteiger partial charge >= 0.3 is 0 Å². The molecule has 0 N–H and O–H groups in total. The minimum absolute atomic E-state index is 0.483. The lowest BCUT2D eigenvalue weighted by Crippen LogP contribution is -2.42. The van der Waals surface area contributed by atoms with Gasteiger partial charge in [0.1, 0.15) is 0 Å². The number of rotatable bonds is 1. The van der Waals surface area contributed by atoms with E-state index in [1.807, 2.05) is 0 Å². The summed E-state index contributed by atoms with van der Waals surface area (Å²) in [5.41, 5.74) is 1.93. The quantitative estimate of drug-likeness (QED) is 0.559. The summed E-state index contributed by atoms with van der Waals surface area (Å²) >= 11 is 0. The van der Waals surface area contributed by atoms with Crippen LogP contribution in [0.15, 0.2) is 12.2 Å². The molecule has 0 amide bonds. The van der Waals surface area contributed by atoms with Crippen molar-refractivity contribution in [2.45, 2.75) is 39.2 Å². The maximum absolute atomic E-state index is 4.15. The van der Waals surface area contributed by atoms with Gasteiger partial charge in [-0.15, -0.1) is 0 Å². The monoisotopic (exact) mass is 179 g/mol. The molecule has 1 nitrogen and oxygen atoms in total. The van der Waals surface area contributed by atoms with E-state index in [2.05, 4.69) is 32.3 Å². The van der Waals surface area contributed by atoms with Crippen molar-refractivity contribution >= 4 is 0 Å². The Kier molecular flexibility index (Phi) is 2.03. The molecule has 2 unspecified atom stereocenters. The molecule has 0 bridgehead atoms. The third-order valence-corrected chi connectivity index (χ3v) is 3.91. The van der Waals surface area contributed by atoms with E-state index in [9.17, 15) is 0 Å². The molecule has 0 saturated carbocycles. The number of nitrogens with zero attached hydrogens (tertiary/aromatic N) is 1. The van der Waals surface area contributed by atoms with Gasteiger partial charge in [-0.2, -0.15) is 0 Å². The molecular formula is C12H21N. The minimum atomic E-state index is 0.483. The first-order valence-corrected chi connectivity index (χ1v) is 5.46. The highest BCUT2D eigenvalue weighted by Gasteiger charge is 2.49. The molecule has 0 aromatic heterocycles. The highest BCUT2D eigenvalue weighted by Crippen LogP contribution is 2.47. The van der Waals surface area contributed by atoms with Crippen LogP contribution in [0.4, 0.5) is 0 Å². The molecule has 2 atom stereocenters. The Morgan fingerprint density at radius 3 is 2.77 bits per heavy atom. The fourth-order valence-corrected chi connectivity index (χ4v) is 3.32. The summed E-state index contributed by atoms with van der Waals surface area (Å²) in [6.07, 6.45) is 2.62. The van der Waals surface area contributed by atoms with Gasteiger partial charge in [0, 0.05) is 18.6 Å². The van der Waals surface area contributed by atoms with Crippen molar-refractivity contribution in [2.75, 3.05) is 13.1 Å². The van der Waals surface area contributed by atoms with E-state index in [1.54, 1.807) is 0 Å². The number of fused-ring (bicyclic) bond motifs is 1. The van der Waals surface area contributed by atoms with Crippen molar-refractivity contribution < 1.29 is 0 Å². The molecule has 13 heavy (non-hydrogen) atoms. The molecule has 0 aromatic carbocycles. The van der Waals surface area contributed by atoms with Gasteiger partial charge in [-0.05, 0) is 24.7 Å². The summed E-state index contributed by atoms with van der Waals surface area (Å²) in [6.45, 7) is 13.7. The molecule has 0 spiro atoms. The molecule has 0 aliphatic carbocycles. The zero-order chi connectivity index (χ0) is 9.64. The summed E-state index contributed by atoms with van der Waals surface area (Å²) < 4.78 is 0. The minimum Gasteiger partial charge on any atom is -0.293 e. The molecule has 74 valence electrons. The van der Waals surface area contributed by atoms with Crippen LogP contribution in [0.1, 0.15) is 33.6 Å². The Bertz CT molecular complexity index is 231. The third kappa shape index (κ3) is 1.25. The van der Waals surface area contributed by atoms with Crippen molar-refractivity contribution in [1.82, 2.24) is 4.90 Å². The van der Waals surface area contributed by atoms with E-state index >= 15 is 0 Å². The van der Waals surface area contributed by atoms with E-state index in [4.69, 9.17) is 0 Å². The van der Waals surface area contributed by atoms with Crippen LogP contribution in [-0.2, 0) is 0 Å². The number of hydrogen-bond acceptors (Lipinski definition) is 1. The van der Waals surface area contributed by atoms with Gasteiger partial charge in [0.2, 0.25) is 0 Å². The molecule has 2 aliphatic rings. The zero-order valence-electron chi connectivity index (χ0n) is 9.14. The molecule has 2 aliphatic heterocycles. The molecule has 0 radical (unpaired) electrons. The van der Waals surface area contributed by atoms with Gasteiger partial charge in [0.25, 0.3) is 0 Å². The summed E-state index contributed by atoms with van der Waals surface area (Å²) in [5.74, 6) is 1.66. The summed E-state index contributed by atoms with van der Waals surface area (Å²) in [4.78, 5) is 2.67. The van der Waals surface area contributed by atoms with Gasteiger partial charge in [-0.3, -0.25) is 4.90 Å². The second kappa shape index (κ2) is 2.84. The maximum atomic E-state index is 4.15. The highest BCUT2D eigenvalue weighted by molar-refractivity contribution is 5.19. The molecule has 0 aromatic rings. The Labute approximate surface area is 81.8 Å². The topological polar surface area (TPSA) is 3.24 Å². The zero-order valence-corrected chi connectivity index (χ0v) is 9.14. The fraction of sp³-hybridized carbons (Fsp3) is 0.833. The molecule has 1 heteroatoms. The van der Waals surface area contributed by atoms with E-state index in [-0.39, 0.29) is 0 Å². The Morgan fingerprint density at radius 2 is 2.23 bits per heavy atom. The van der Waals surface area contributed by atoms with Crippen LogP contribution in [0, 0.1) is 11.8 Å². The Morgan fingerprint density at radius 1 is 1.54 bits per heavy atom. The Balaban J connectivity index is 2.26. The first kappa shape index (κ1) is 9.26. The van der Waals surface area contributed by atoms with Gasteiger partial charge < -0.3 is 0 Å². The van der Waals surface area contributed by atoms with Crippen molar-refractivity contribution in [3.63, 3.8) is 0 Å².